The van der Waals surface area contributed by atoms with Crippen LogP contribution in [0.2, 0.25) is 0 Å². The number of rotatable bonds is 6. The molecule has 0 unspecified atom stereocenters. The predicted molar refractivity (Wildman–Crippen MR) is 71.4 cm³/mol. The summed E-state index contributed by atoms with van der Waals surface area (Å²) >= 11 is 0. The molecule has 0 bridgehead atoms. The maximum absolute atomic E-state index is 5.09. The summed E-state index contributed by atoms with van der Waals surface area (Å²) in [5.74, 6) is 0.948. The fourth-order valence-corrected chi connectivity index (χ4v) is 1.60. The summed E-state index contributed by atoms with van der Waals surface area (Å²) in [7, 11) is 1.72. The van der Waals surface area contributed by atoms with Crippen molar-refractivity contribution in [2.45, 2.75) is 40.7 Å². The lowest BCUT2D eigenvalue weighted by molar-refractivity contribution is 0.187. The number of hydrogen-bond donors (Lipinski definition) is 1. The van der Waals surface area contributed by atoms with E-state index in [0.717, 1.165) is 31.2 Å². The normalized spacial score (nSPS) is 11.8. The third kappa shape index (κ3) is 5.22. The van der Waals surface area contributed by atoms with E-state index in [2.05, 4.69) is 41.8 Å². The fourth-order valence-electron chi connectivity index (χ4n) is 1.60. The minimum atomic E-state index is 0.353. The molecule has 1 rings (SSSR count). The number of aryl methyl sites for hydroxylation is 1. The van der Waals surface area contributed by atoms with Gasteiger partial charge in [-0.05, 0) is 18.8 Å². The second-order valence-corrected chi connectivity index (χ2v) is 5.63. The first-order chi connectivity index (χ1) is 7.92. The lowest BCUT2D eigenvalue weighted by Crippen LogP contribution is -2.16. The first kappa shape index (κ1) is 14.0. The van der Waals surface area contributed by atoms with Gasteiger partial charge in [0.05, 0.1) is 12.3 Å². The van der Waals surface area contributed by atoms with Crippen LogP contribution in [0.15, 0.2) is 6.20 Å². The van der Waals surface area contributed by atoms with Crippen molar-refractivity contribution in [3.8, 4) is 0 Å². The average molecular weight is 239 g/mol. The van der Waals surface area contributed by atoms with Gasteiger partial charge < -0.3 is 14.6 Å². The molecule has 0 radical (unpaired) electrons. The zero-order valence-corrected chi connectivity index (χ0v) is 11.7. The van der Waals surface area contributed by atoms with Crippen LogP contribution >= 0.6 is 0 Å². The Bertz CT molecular complexity index is 339. The summed E-state index contributed by atoms with van der Waals surface area (Å²) in [5.41, 5.74) is 1.39. The number of aromatic nitrogens is 2. The minimum absolute atomic E-state index is 0.353. The molecule has 0 aliphatic rings. The highest BCUT2D eigenvalue weighted by Crippen LogP contribution is 2.18. The molecular formula is C13H25N3O. The molecule has 1 aromatic heterocycles. The van der Waals surface area contributed by atoms with Gasteiger partial charge in [0, 0.05) is 26.4 Å². The molecule has 0 aromatic carbocycles. The number of nitrogens with zero attached hydrogens (tertiary/aromatic N) is 2. The van der Waals surface area contributed by atoms with Crippen molar-refractivity contribution in [2.75, 3.05) is 25.6 Å². The Kier molecular flexibility index (Phi) is 5.00. The molecule has 17 heavy (non-hydrogen) atoms. The van der Waals surface area contributed by atoms with Gasteiger partial charge in [0.15, 0.2) is 0 Å². The number of methoxy groups -OCH3 is 1. The maximum atomic E-state index is 5.09. The van der Waals surface area contributed by atoms with E-state index in [9.17, 15) is 0 Å². The van der Waals surface area contributed by atoms with Crippen molar-refractivity contribution >= 4 is 5.95 Å². The van der Waals surface area contributed by atoms with Gasteiger partial charge in [-0.15, -0.1) is 0 Å². The lowest BCUT2D eigenvalue weighted by atomic mass is 9.92. The molecule has 98 valence electrons. The van der Waals surface area contributed by atoms with Gasteiger partial charge in [0.2, 0.25) is 5.95 Å². The van der Waals surface area contributed by atoms with Gasteiger partial charge in [-0.1, -0.05) is 20.8 Å². The van der Waals surface area contributed by atoms with Gasteiger partial charge >= 0.3 is 0 Å². The Balaban J connectivity index is 2.51. The Labute approximate surface area is 104 Å². The molecule has 1 heterocycles. The molecule has 0 saturated heterocycles. The molecule has 0 aliphatic heterocycles. The number of nitrogens with one attached hydrogen (secondary N) is 1. The number of ether oxygens (including phenoxy) is 1. The highest BCUT2D eigenvalue weighted by molar-refractivity contribution is 5.28. The van der Waals surface area contributed by atoms with Crippen molar-refractivity contribution in [3.63, 3.8) is 0 Å². The first-order valence-electron chi connectivity index (χ1n) is 6.19. The summed E-state index contributed by atoms with van der Waals surface area (Å²) in [6.07, 6.45) is 3.18. The van der Waals surface area contributed by atoms with Crippen LogP contribution in [0, 0.1) is 12.3 Å². The number of hydrogen-bond acceptors (Lipinski definition) is 3. The van der Waals surface area contributed by atoms with Crippen molar-refractivity contribution in [1.82, 2.24) is 9.55 Å². The highest BCUT2D eigenvalue weighted by atomic mass is 16.5. The summed E-state index contributed by atoms with van der Waals surface area (Å²) in [6.45, 7) is 11.3. The van der Waals surface area contributed by atoms with Gasteiger partial charge in [0.1, 0.15) is 0 Å². The monoisotopic (exact) mass is 239 g/mol. The van der Waals surface area contributed by atoms with E-state index in [4.69, 9.17) is 4.74 Å². The van der Waals surface area contributed by atoms with Crippen LogP contribution in [-0.4, -0.2) is 29.8 Å². The fraction of sp³-hybridized carbons (Fsp3) is 0.769. The zero-order valence-electron chi connectivity index (χ0n) is 11.7. The number of anilines is 1. The van der Waals surface area contributed by atoms with Crippen LogP contribution in [0.4, 0.5) is 5.95 Å². The van der Waals surface area contributed by atoms with E-state index in [1.54, 1.807) is 7.11 Å². The lowest BCUT2D eigenvalue weighted by Gasteiger charge is -2.18. The van der Waals surface area contributed by atoms with Crippen molar-refractivity contribution in [2.24, 2.45) is 5.41 Å². The number of imidazole rings is 1. The van der Waals surface area contributed by atoms with Crippen LogP contribution in [-0.2, 0) is 11.3 Å². The molecule has 0 saturated carbocycles. The molecule has 0 spiro atoms. The standard InChI is InChI=1S/C13H25N3O/c1-11-10-16(8-9-17-5)12(15-11)14-7-6-13(2,3)4/h10H,6-9H2,1-5H3,(H,14,15). The second kappa shape index (κ2) is 6.05. The third-order valence-electron chi connectivity index (χ3n) is 2.59. The van der Waals surface area contributed by atoms with Crippen molar-refractivity contribution in [3.05, 3.63) is 11.9 Å². The van der Waals surface area contributed by atoms with E-state index in [1.165, 1.54) is 0 Å². The Hall–Kier alpha value is -1.03. The van der Waals surface area contributed by atoms with E-state index in [0.29, 0.717) is 12.0 Å². The largest absolute Gasteiger partial charge is 0.383 e. The van der Waals surface area contributed by atoms with Crippen LogP contribution in [0.5, 0.6) is 0 Å². The van der Waals surface area contributed by atoms with E-state index in [1.807, 2.05) is 6.92 Å². The van der Waals surface area contributed by atoms with Crippen molar-refractivity contribution in [1.29, 1.82) is 0 Å². The van der Waals surface area contributed by atoms with E-state index in [-0.39, 0.29) is 0 Å². The molecule has 1 N–H and O–H groups in total. The Morgan fingerprint density at radius 1 is 1.41 bits per heavy atom. The summed E-state index contributed by atoms with van der Waals surface area (Å²) in [4.78, 5) is 4.48. The second-order valence-electron chi connectivity index (χ2n) is 5.63. The van der Waals surface area contributed by atoms with Crippen LogP contribution in [0.3, 0.4) is 0 Å². The van der Waals surface area contributed by atoms with Crippen LogP contribution in [0.25, 0.3) is 0 Å². The van der Waals surface area contributed by atoms with Gasteiger partial charge in [-0.3, -0.25) is 0 Å². The SMILES string of the molecule is COCCn1cc(C)nc1NCCC(C)(C)C. The molecular weight excluding hydrogens is 214 g/mol. The Morgan fingerprint density at radius 3 is 2.71 bits per heavy atom. The molecule has 1 aromatic rings. The molecule has 0 amide bonds. The van der Waals surface area contributed by atoms with Crippen LogP contribution < -0.4 is 5.32 Å². The molecule has 0 atom stereocenters. The van der Waals surface area contributed by atoms with E-state index >= 15 is 0 Å². The van der Waals surface area contributed by atoms with E-state index < -0.39 is 0 Å². The Morgan fingerprint density at radius 2 is 2.12 bits per heavy atom. The van der Waals surface area contributed by atoms with Gasteiger partial charge in [-0.25, -0.2) is 4.98 Å². The molecule has 4 heteroatoms. The topological polar surface area (TPSA) is 39.1 Å². The third-order valence-corrected chi connectivity index (χ3v) is 2.59. The van der Waals surface area contributed by atoms with Crippen molar-refractivity contribution < 1.29 is 4.74 Å². The summed E-state index contributed by atoms with van der Waals surface area (Å²) < 4.78 is 7.20. The highest BCUT2D eigenvalue weighted by Gasteiger charge is 2.10. The zero-order chi connectivity index (χ0) is 12.9. The first-order valence-corrected chi connectivity index (χ1v) is 6.19. The quantitative estimate of drug-likeness (QED) is 0.829. The minimum Gasteiger partial charge on any atom is -0.383 e. The smallest absolute Gasteiger partial charge is 0.203 e. The summed E-state index contributed by atoms with van der Waals surface area (Å²) in [5, 5.41) is 3.40. The van der Waals surface area contributed by atoms with Crippen LogP contribution in [0.1, 0.15) is 32.9 Å². The molecule has 4 nitrogen and oxygen atoms in total. The van der Waals surface area contributed by atoms with Gasteiger partial charge in [0.25, 0.3) is 0 Å². The average Bonchev–Trinajstić information content (AvgIpc) is 2.54. The predicted octanol–water partition coefficient (Wildman–Crippen LogP) is 2.69. The summed E-state index contributed by atoms with van der Waals surface area (Å²) in [6, 6.07) is 0. The van der Waals surface area contributed by atoms with Gasteiger partial charge in [-0.2, -0.15) is 0 Å². The molecule has 0 aliphatic carbocycles. The maximum Gasteiger partial charge on any atom is 0.203 e. The molecule has 0 fully saturated rings.